The molecule has 4 aliphatic carbocycles. The van der Waals surface area contributed by atoms with Crippen molar-refractivity contribution in [2.75, 3.05) is 0 Å². The van der Waals surface area contributed by atoms with Crippen LogP contribution in [0.1, 0.15) is 65.2 Å². The zero-order valence-electron chi connectivity index (χ0n) is 14.3. The van der Waals surface area contributed by atoms with E-state index in [1.54, 1.807) is 0 Å². The van der Waals surface area contributed by atoms with Crippen molar-refractivity contribution in [1.29, 1.82) is 0 Å². The van der Waals surface area contributed by atoms with Gasteiger partial charge in [0.25, 0.3) is 0 Å². The molecule has 0 aliphatic heterocycles. The molecule has 0 N–H and O–H groups in total. The first-order chi connectivity index (χ1) is 10.9. The number of ketones is 1. The van der Waals surface area contributed by atoms with Gasteiger partial charge < -0.3 is 0 Å². The summed E-state index contributed by atoms with van der Waals surface area (Å²) in [6, 6.07) is 0. The molecule has 0 radical (unpaired) electrons. The van der Waals surface area contributed by atoms with Crippen molar-refractivity contribution in [3.8, 4) is 0 Å². The highest BCUT2D eigenvalue weighted by Gasteiger charge is 2.60. The molecule has 3 saturated carbocycles. The number of fused-ring (bicyclic) bond motifs is 5. The second-order valence-electron chi connectivity index (χ2n) is 9.03. The maximum Gasteiger partial charge on any atom is 0.241 e. The molecule has 0 amide bonds. The summed E-state index contributed by atoms with van der Waals surface area (Å²) in [5, 5.41) is 0. The highest BCUT2D eigenvalue weighted by Crippen LogP contribution is 2.67. The van der Waals surface area contributed by atoms with Gasteiger partial charge in [-0.1, -0.05) is 19.4 Å². The van der Waals surface area contributed by atoms with E-state index in [4.69, 9.17) is 0 Å². The Labute approximate surface area is 137 Å². The minimum Gasteiger partial charge on any atom is -0.295 e. The molecule has 6 atom stereocenters. The van der Waals surface area contributed by atoms with Crippen LogP contribution >= 0.6 is 0 Å². The lowest BCUT2D eigenvalue weighted by Gasteiger charge is -2.58. The summed E-state index contributed by atoms with van der Waals surface area (Å²) in [6.07, 6.45) is 7.23. The van der Waals surface area contributed by atoms with E-state index in [1.165, 1.54) is 5.57 Å². The summed E-state index contributed by atoms with van der Waals surface area (Å²) in [7, 11) is 0. The minimum atomic E-state index is -2.16. The molecule has 3 heteroatoms. The molecule has 0 saturated heterocycles. The number of allylic oxidation sites excluding steroid dienone is 1. The van der Waals surface area contributed by atoms with E-state index in [-0.39, 0.29) is 16.6 Å². The van der Waals surface area contributed by atoms with Gasteiger partial charge in [0.15, 0.2) is 5.78 Å². The Hall–Kier alpha value is -0.730. The Bertz CT molecular complexity index is 554. The predicted octanol–water partition coefficient (Wildman–Crippen LogP) is 5.40. The van der Waals surface area contributed by atoms with Gasteiger partial charge in [-0.2, -0.15) is 0 Å². The Morgan fingerprint density at radius 2 is 1.83 bits per heavy atom. The normalized spacial score (nSPS) is 49.4. The highest BCUT2D eigenvalue weighted by molar-refractivity contribution is 5.91. The largest absolute Gasteiger partial charge is 0.295 e. The summed E-state index contributed by atoms with van der Waals surface area (Å²) in [5.41, 5.74) is 1.36. The van der Waals surface area contributed by atoms with E-state index in [0.717, 1.165) is 38.5 Å². The van der Waals surface area contributed by atoms with Crippen molar-refractivity contribution in [3.05, 3.63) is 11.6 Å². The molecule has 0 aromatic heterocycles. The third-order valence-electron chi connectivity index (χ3n) is 8.34. The van der Waals surface area contributed by atoms with E-state index < -0.39 is 12.3 Å². The Balaban J connectivity index is 1.66. The van der Waals surface area contributed by atoms with Crippen LogP contribution in [0.5, 0.6) is 0 Å². The number of alkyl halides is 2. The van der Waals surface area contributed by atoms with Crippen LogP contribution in [0, 0.1) is 34.5 Å². The van der Waals surface area contributed by atoms with Gasteiger partial charge in [0, 0.05) is 12.3 Å². The molecule has 23 heavy (non-hydrogen) atoms. The van der Waals surface area contributed by atoms with Crippen molar-refractivity contribution < 1.29 is 13.6 Å². The highest BCUT2D eigenvalue weighted by atomic mass is 19.3. The predicted molar refractivity (Wildman–Crippen MR) is 86.2 cm³/mol. The number of carbonyl (C=O) groups excluding carboxylic acids is 1. The molecule has 0 spiro atoms. The maximum atomic E-state index is 13.5. The number of halogens is 2. The van der Waals surface area contributed by atoms with Gasteiger partial charge in [0.2, 0.25) is 6.43 Å². The van der Waals surface area contributed by atoms with E-state index in [2.05, 4.69) is 13.8 Å². The molecule has 0 bridgehead atoms. The zero-order valence-corrected chi connectivity index (χ0v) is 14.3. The molecular weight excluding hydrogens is 294 g/mol. The summed E-state index contributed by atoms with van der Waals surface area (Å²) >= 11 is 0. The van der Waals surface area contributed by atoms with Crippen molar-refractivity contribution in [2.24, 2.45) is 34.5 Å². The molecule has 0 aromatic carbocycles. The monoisotopic (exact) mass is 322 g/mol. The molecule has 0 heterocycles. The van der Waals surface area contributed by atoms with Crippen LogP contribution < -0.4 is 0 Å². The molecule has 3 fully saturated rings. The average Bonchev–Trinajstić information content (AvgIpc) is 2.85. The van der Waals surface area contributed by atoms with Crippen LogP contribution in [-0.2, 0) is 4.79 Å². The fourth-order valence-corrected chi connectivity index (χ4v) is 7.01. The lowest BCUT2D eigenvalue weighted by molar-refractivity contribution is -0.118. The van der Waals surface area contributed by atoms with Gasteiger partial charge in [0.05, 0.1) is 0 Å². The quantitative estimate of drug-likeness (QED) is 0.632. The van der Waals surface area contributed by atoms with Crippen LogP contribution in [0.4, 0.5) is 8.78 Å². The zero-order chi connectivity index (χ0) is 16.4. The SMILES string of the molecule is C[C@]12CCC(=O)C=C1CC[C@@H]1[C@H]2CC[C@]2(C)C(C(F)F)CC[C@@H]12. The summed E-state index contributed by atoms with van der Waals surface area (Å²) < 4.78 is 27.0. The molecule has 0 aromatic rings. The van der Waals surface area contributed by atoms with Gasteiger partial charge in [-0.3, -0.25) is 4.79 Å². The molecule has 1 unspecified atom stereocenters. The Morgan fingerprint density at radius 1 is 1.04 bits per heavy atom. The van der Waals surface area contributed by atoms with Crippen LogP contribution in [0.3, 0.4) is 0 Å². The third-order valence-corrected chi connectivity index (χ3v) is 8.34. The minimum absolute atomic E-state index is 0.154. The smallest absolute Gasteiger partial charge is 0.241 e. The van der Waals surface area contributed by atoms with Gasteiger partial charge in [-0.05, 0) is 79.6 Å². The number of carbonyl (C=O) groups is 1. The van der Waals surface area contributed by atoms with Gasteiger partial charge in [-0.15, -0.1) is 0 Å². The second kappa shape index (κ2) is 5.13. The summed E-state index contributed by atoms with van der Waals surface area (Å²) in [5.74, 6) is 1.55. The third kappa shape index (κ3) is 2.10. The van der Waals surface area contributed by atoms with Crippen molar-refractivity contribution in [2.45, 2.75) is 71.6 Å². The van der Waals surface area contributed by atoms with Crippen molar-refractivity contribution in [1.82, 2.24) is 0 Å². The molecule has 4 aliphatic rings. The van der Waals surface area contributed by atoms with Crippen LogP contribution in [0.25, 0.3) is 0 Å². The van der Waals surface area contributed by atoms with Gasteiger partial charge >= 0.3 is 0 Å². The first-order valence-corrected chi connectivity index (χ1v) is 9.38. The van der Waals surface area contributed by atoms with Crippen molar-refractivity contribution >= 4 is 5.78 Å². The van der Waals surface area contributed by atoms with Gasteiger partial charge in [-0.25, -0.2) is 8.78 Å². The average molecular weight is 322 g/mol. The van der Waals surface area contributed by atoms with E-state index >= 15 is 0 Å². The van der Waals surface area contributed by atoms with E-state index in [9.17, 15) is 13.6 Å². The van der Waals surface area contributed by atoms with Crippen LogP contribution in [-0.4, -0.2) is 12.2 Å². The Kier molecular flexibility index (Phi) is 3.52. The first-order valence-electron chi connectivity index (χ1n) is 9.38. The van der Waals surface area contributed by atoms with Crippen LogP contribution in [0.2, 0.25) is 0 Å². The lowest BCUT2D eigenvalue weighted by atomic mass is 9.47. The first kappa shape index (κ1) is 15.8. The maximum absolute atomic E-state index is 13.5. The summed E-state index contributed by atoms with van der Waals surface area (Å²) in [4.78, 5) is 11.8. The Morgan fingerprint density at radius 3 is 2.57 bits per heavy atom. The topological polar surface area (TPSA) is 17.1 Å². The lowest BCUT2D eigenvalue weighted by Crippen LogP contribution is -2.51. The number of hydrogen-bond acceptors (Lipinski definition) is 1. The fraction of sp³-hybridized carbons (Fsp3) is 0.850. The molecular formula is C20H28F2O. The molecule has 1 nitrogen and oxygen atoms in total. The number of rotatable bonds is 1. The van der Waals surface area contributed by atoms with E-state index in [1.807, 2.05) is 6.08 Å². The van der Waals surface area contributed by atoms with Gasteiger partial charge in [0.1, 0.15) is 0 Å². The van der Waals surface area contributed by atoms with E-state index in [0.29, 0.717) is 30.6 Å². The molecule has 128 valence electrons. The van der Waals surface area contributed by atoms with Crippen molar-refractivity contribution in [3.63, 3.8) is 0 Å². The fourth-order valence-electron chi connectivity index (χ4n) is 7.01. The number of hydrogen-bond donors (Lipinski definition) is 0. The second-order valence-corrected chi connectivity index (χ2v) is 9.03. The summed E-state index contributed by atoms with van der Waals surface area (Å²) in [6.45, 7) is 4.50. The molecule has 4 rings (SSSR count). The standard InChI is InChI=1S/C20H28F2O/c1-19-9-7-13(23)11-12(19)3-4-14-15-5-6-17(18(21)22)20(15,2)10-8-16(14)19/h11,14-18H,3-10H2,1-2H3/t14-,15-,16+,17?,19-,20-/m0/s1. The van der Waals surface area contributed by atoms with Crippen LogP contribution in [0.15, 0.2) is 11.6 Å².